The average Bonchev–Trinajstić information content (AvgIpc) is 3.09. The van der Waals surface area contributed by atoms with Crippen LogP contribution in [0.2, 0.25) is 0 Å². The highest BCUT2D eigenvalue weighted by Gasteiger charge is 2.18. The normalized spacial score (nSPS) is 11.1. The van der Waals surface area contributed by atoms with E-state index in [0.29, 0.717) is 13.2 Å². The largest absolute Gasteiger partial charge is 0.464 e. The average molecular weight is 408 g/mol. The molecule has 2 rings (SSSR count). The summed E-state index contributed by atoms with van der Waals surface area (Å²) in [5.41, 5.74) is 1.64. The zero-order valence-corrected chi connectivity index (χ0v) is 18.4. The van der Waals surface area contributed by atoms with Crippen molar-refractivity contribution in [3.05, 3.63) is 6.33 Å². The second-order valence-corrected chi connectivity index (χ2v) is 7.88. The number of unbranched alkanes of at least 4 members (excludes halogenated alkanes) is 2. The molecule has 0 saturated carbocycles. The molecule has 0 fully saturated rings. The van der Waals surface area contributed by atoms with Crippen LogP contribution in [0.1, 0.15) is 59.8 Å². The summed E-state index contributed by atoms with van der Waals surface area (Å²) >= 11 is 1.68. The van der Waals surface area contributed by atoms with Gasteiger partial charge in [-0.25, -0.2) is 15.0 Å². The van der Waals surface area contributed by atoms with Gasteiger partial charge in [0.2, 0.25) is 0 Å². The van der Waals surface area contributed by atoms with Crippen molar-refractivity contribution >= 4 is 34.7 Å². The molecule has 2 heterocycles. The highest BCUT2D eigenvalue weighted by atomic mass is 32.2. The van der Waals surface area contributed by atoms with Crippen LogP contribution in [0, 0.1) is 0 Å². The highest BCUT2D eigenvalue weighted by Crippen LogP contribution is 2.27. The molecule has 0 amide bonds. The second-order valence-electron chi connectivity index (χ2n) is 6.82. The number of carbonyl (C=O) groups excluding carboxylic acids is 1. The molecular weight excluding hydrogens is 374 g/mol. The maximum atomic E-state index is 11.1. The van der Waals surface area contributed by atoms with Crippen molar-refractivity contribution in [3.8, 4) is 0 Å². The SMILES string of the molecule is CCCCN(CCCC)c1nc(SCCC)nc2c1ncn2CCOC(C)=O. The standard InChI is InChI=1S/C20H33N5O2S/c1-5-8-10-24(11-9-6-2)18-17-19(23-20(22-18)28-14-7-3)25(15-21-17)12-13-27-16(4)26/h15H,5-14H2,1-4H3. The summed E-state index contributed by atoms with van der Waals surface area (Å²) in [6.07, 6.45) is 7.39. The minimum Gasteiger partial charge on any atom is -0.464 e. The number of nitrogens with zero attached hydrogens (tertiary/aromatic N) is 5. The monoisotopic (exact) mass is 407 g/mol. The fourth-order valence-corrected chi connectivity index (χ4v) is 3.55. The molecule has 0 spiro atoms. The molecular formula is C20H33N5O2S. The van der Waals surface area contributed by atoms with Crippen molar-refractivity contribution in [2.24, 2.45) is 0 Å². The van der Waals surface area contributed by atoms with E-state index in [1.165, 1.54) is 6.92 Å². The zero-order chi connectivity index (χ0) is 20.4. The van der Waals surface area contributed by atoms with Crippen molar-refractivity contribution in [1.29, 1.82) is 0 Å². The third kappa shape index (κ3) is 6.36. The Morgan fingerprint density at radius 3 is 2.46 bits per heavy atom. The summed E-state index contributed by atoms with van der Waals surface area (Å²) in [7, 11) is 0. The Morgan fingerprint density at radius 2 is 1.86 bits per heavy atom. The van der Waals surface area contributed by atoms with Gasteiger partial charge in [0.25, 0.3) is 0 Å². The van der Waals surface area contributed by atoms with Crippen LogP contribution in [-0.2, 0) is 16.1 Å². The Bertz CT molecular complexity index is 742. The predicted molar refractivity (Wildman–Crippen MR) is 115 cm³/mol. The van der Waals surface area contributed by atoms with Crippen LogP contribution >= 0.6 is 11.8 Å². The second kappa shape index (κ2) is 11.9. The molecule has 0 aliphatic rings. The number of anilines is 1. The van der Waals surface area contributed by atoms with E-state index in [4.69, 9.17) is 14.7 Å². The fraction of sp³-hybridized carbons (Fsp3) is 0.700. The van der Waals surface area contributed by atoms with Crippen molar-refractivity contribution in [3.63, 3.8) is 0 Å². The number of rotatable bonds is 13. The summed E-state index contributed by atoms with van der Waals surface area (Å²) in [4.78, 5) is 27.7. The molecule has 0 bridgehead atoms. The van der Waals surface area contributed by atoms with E-state index in [9.17, 15) is 4.79 Å². The smallest absolute Gasteiger partial charge is 0.302 e. The number of fused-ring (bicyclic) bond motifs is 1. The minimum atomic E-state index is -0.274. The maximum absolute atomic E-state index is 11.1. The van der Waals surface area contributed by atoms with Crippen LogP contribution in [0.5, 0.6) is 0 Å². The molecule has 0 N–H and O–H groups in total. The van der Waals surface area contributed by atoms with E-state index < -0.39 is 0 Å². The summed E-state index contributed by atoms with van der Waals surface area (Å²) < 4.78 is 7.05. The molecule has 0 aliphatic heterocycles. The van der Waals surface area contributed by atoms with Crippen LogP contribution < -0.4 is 4.90 Å². The van der Waals surface area contributed by atoms with Gasteiger partial charge in [-0.1, -0.05) is 45.4 Å². The quantitative estimate of drug-likeness (QED) is 0.278. The van der Waals surface area contributed by atoms with E-state index in [2.05, 4.69) is 30.7 Å². The lowest BCUT2D eigenvalue weighted by Gasteiger charge is -2.24. The number of aromatic nitrogens is 4. The van der Waals surface area contributed by atoms with E-state index in [-0.39, 0.29) is 5.97 Å². The van der Waals surface area contributed by atoms with Gasteiger partial charge in [-0.05, 0) is 19.3 Å². The Balaban J connectivity index is 2.39. The number of carbonyl (C=O) groups is 1. The van der Waals surface area contributed by atoms with Crippen LogP contribution in [-0.4, -0.2) is 50.9 Å². The number of hydrogen-bond donors (Lipinski definition) is 0. The lowest BCUT2D eigenvalue weighted by molar-refractivity contribution is -0.141. The lowest BCUT2D eigenvalue weighted by Crippen LogP contribution is -2.27. The van der Waals surface area contributed by atoms with Crippen molar-refractivity contribution in [2.45, 2.75) is 71.5 Å². The van der Waals surface area contributed by atoms with E-state index >= 15 is 0 Å². The summed E-state index contributed by atoms with van der Waals surface area (Å²) in [6.45, 7) is 10.8. The van der Waals surface area contributed by atoms with Gasteiger partial charge in [-0.2, -0.15) is 0 Å². The van der Waals surface area contributed by atoms with Gasteiger partial charge in [-0.3, -0.25) is 4.79 Å². The summed E-state index contributed by atoms with van der Waals surface area (Å²) in [5, 5.41) is 0.789. The van der Waals surface area contributed by atoms with Crippen molar-refractivity contribution in [1.82, 2.24) is 19.5 Å². The number of hydrogen-bond acceptors (Lipinski definition) is 7. The van der Waals surface area contributed by atoms with Gasteiger partial charge in [0.05, 0.1) is 12.9 Å². The van der Waals surface area contributed by atoms with E-state index in [0.717, 1.165) is 73.1 Å². The molecule has 0 atom stereocenters. The highest BCUT2D eigenvalue weighted by molar-refractivity contribution is 7.99. The van der Waals surface area contributed by atoms with Gasteiger partial charge in [0.15, 0.2) is 22.1 Å². The minimum absolute atomic E-state index is 0.274. The lowest BCUT2D eigenvalue weighted by atomic mass is 10.2. The molecule has 0 radical (unpaired) electrons. The number of imidazole rings is 1. The van der Waals surface area contributed by atoms with Crippen LogP contribution in [0.3, 0.4) is 0 Å². The van der Waals surface area contributed by atoms with Crippen molar-refractivity contribution in [2.75, 3.05) is 30.3 Å². The molecule has 0 aromatic carbocycles. The first-order valence-corrected chi connectivity index (χ1v) is 11.3. The maximum Gasteiger partial charge on any atom is 0.302 e. The third-order valence-corrected chi connectivity index (χ3v) is 5.41. The number of ether oxygens (including phenoxy) is 1. The van der Waals surface area contributed by atoms with Gasteiger partial charge >= 0.3 is 5.97 Å². The number of esters is 1. The molecule has 0 aliphatic carbocycles. The van der Waals surface area contributed by atoms with Gasteiger partial charge in [0, 0.05) is 25.8 Å². The van der Waals surface area contributed by atoms with Crippen LogP contribution in [0.15, 0.2) is 11.5 Å². The first-order valence-electron chi connectivity index (χ1n) is 10.3. The topological polar surface area (TPSA) is 73.1 Å². The molecule has 28 heavy (non-hydrogen) atoms. The predicted octanol–water partition coefficient (Wildman–Crippen LogP) is 4.30. The Morgan fingerprint density at radius 1 is 1.14 bits per heavy atom. The summed E-state index contributed by atoms with van der Waals surface area (Å²) in [6, 6.07) is 0. The van der Waals surface area contributed by atoms with Crippen molar-refractivity contribution < 1.29 is 9.53 Å². The van der Waals surface area contributed by atoms with E-state index in [1.54, 1.807) is 18.1 Å². The molecule has 8 heteroatoms. The molecule has 0 unspecified atom stereocenters. The van der Waals surface area contributed by atoms with E-state index in [1.807, 2.05) is 4.57 Å². The Labute approximate surface area is 172 Å². The fourth-order valence-electron chi connectivity index (χ4n) is 2.86. The van der Waals surface area contributed by atoms with Crippen LogP contribution in [0.25, 0.3) is 11.2 Å². The Hall–Kier alpha value is -1.83. The molecule has 2 aromatic rings. The molecule has 0 saturated heterocycles. The van der Waals surface area contributed by atoms with Crippen LogP contribution in [0.4, 0.5) is 5.82 Å². The van der Waals surface area contributed by atoms with Gasteiger partial charge < -0.3 is 14.2 Å². The Kier molecular flexibility index (Phi) is 9.54. The number of thioether (sulfide) groups is 1. The molecule has 2 aromatic heterocycles. The van der Waals surface area contributed by atoms with Gasteiger partial charge in [-0.15, -0.1) is 0 Å². The van der Waals surface area contributed by atoms with Gasteiger partial charge in [0.1, 0.15) is 6.61 Å². The first kappa shape index (κ1) is 22.5. The molecule has 7 nitrogen and oxygen atoms in total. The zero-order valence-electron chi connectivity index (χ0n) is 17.6. The summed E-state index contributed by atoms with van der Waals surface area (Å²) in [5.74, 6) is 1.64. The first-order chi connectivity index (χ1) is 13.6. The molecule has 156 valence electrons. The third-order valence-electron chi connectivity index (χ3n) is 4.36.